The van der Waals surface area contributed by atoms with Crippen LogP contribution in [0.4, 0.5) is 4.39 Å². The van der Waals surface area contributed by atoms with Crippen molar-refractivity contribution in [2.45, 2.75) is 6.10 Å². The standard InChI is InChI=1S/C15H8ClFN2O3/c1-21-15(20)14-11(4-8(6-18)7-19)13(16)10-5-9(17)2-3-12(10)22-14/h2-5,14H,1H3. The number of carbonyl (C=O) groups excluding carboxylic acids is 1. The van der Waals surface area contributed by atoms with Crippen LogP contribution in [0.2, 0.25) is 0 Å². The van der Waals surface area contributed by atoms with Gasteiger partial charge >= 0.3 is 5.97 Å². The van der Waals surface area contributed by atoms with Gasteiger partial charge in [-0.15, -0.1) is 0 Å². The number of halogens is 2. The molecule has 0 radical (unpaired) electrons. The second kappa shape index (κ2) is 6.30. The molecule has 1 aromatic rings. The second-order valence-electron chi connectivity index (χ2n) is 4.21. The fourth-order valence-corrected chi connectivity index (χ4v) is 2.21. The number of esters is 1. The van der Waals surface area contributed by atoms with E-state index in [1.165, 1.54) is 6.07 Å². The Hall–Kier alpha value is -2.83. The maximum atomic E-state index is 13.4. The van der Waals surface area contributed by atoms with Gasteiger partial charge in [0.05, 0.1) is 12.1 Å². The molecular formula is C15H8ClFN2O3. The van der Waals surface area contributed by atoms with Gasteiger partial charge in [0.15, 0.2) is 0 Å². The van der Waals surface area contributed by atoms with Crippen molar-refractivity contribution < 1.29 is 18.7 Å². The molecule has 0 bridgehead atoms. The summed E-state index contributed by atoms with van der Waals surface area (Å²) >= 11 is 6.20. The van der Waals surface area contributed by atoms with Gasteiger partial charge in [-0.2, -0.15) is 10.5 Å². The molecule has 2 rings (SSSR count). The van der Waals surface area contributed by atoms with Crippen molar-refractivity contribution in [1.29, 1.82) is 10.5 Å². The fraction of sp³-hybridized carbons (Fsp3) is 0.133. The molecule has 1 aromatic carbocycles. The summed E-state index contributed by atoms with van der Waals surface area (Å²) in [7, 11) is 1.16. The van der Waals surface area contributed by atoms with Gasteiger partial charge < -0.3 is 9.47 Å². The van der Waals surface area contributed by atoms with Gasteiger partial charge in [0.25, 0.3) is 0 Å². The normalized spacial score (nSPS) is 15.8. The molecule has 0 saturated heterocycles. The zero-order valence-corrected chi connectivity index (χ0v) is 12.0. The first kappa shape index (κ1) is 15.6. The summed E-state index contributed by atoms with van der Waals surface area (Å²) in [6, 6.07) is 6.95. The summed E-state index contributed by atoms with van der Waals surface area (Å²) in [5.41, 5.74) is 0.0125. The van der Waals surface area contributed by atoms with Crippen LogP contribution in [-0.4, -0.2) is 19.2 Å². The number of rotatable bonds is 2. The van der Waals surface area contributed by atoms with Gasteiger partial charge in [0.1, 0.15) is 29.3 Å². The van der Waals surface area contributed by atoms with E-state index in [1.807, 2.05) is 0 Å². The van der Waals surface area contributed by atoms with E-state index in [2.05, 4.69) is 4.74 Å². The maximum Gasteiger partial charge on any atom is 0.351 e. The van der Waals surface area contributed by atoms with Crippen LogP contribution in [0.15, 0.2) is 35.4 Å². The van der Waals surface area contributed by atoms with Crippen LogP contribution in [0.3, 0.4) is 0 Å². The predicted molar refractivity (Wildman–Crippen MR) is 74.9 cm³/mol. The van der Waals surface area contributed by atoms with E-state index in [0.717, 1.165) is 25.3 Å². The fourth-order valence-electron chi connectivity index (χ4n) is 1.90. The number of ether oxygens (including phenoxy) is 2. The highest BCUT2D eigenvalue weighted by Gasteiger charge is 2.33. The molecular weight excluding hydrogens is 311 g/mol. The van der Waals surface area contributed by atoms with Crippen LogP contribution in [-0.2, 0) is 9.53 Å². The number of carbonyl (C=O) groups is 1. The summed E-state index contributed by atoms with van der Waals surface area (Å²) in [5.74, 6) is -1.09. The van der Waals surface area contributed by atoms with Crippen molar-refractivity contribution in [3.8, 4) is 17.9 Å². The Morgan fingerprint density at radius 1 is 1.45 bits per heavy atom. The molecule has 110 valence electrons. The van der Waals surface area contributed by atoms with Gasteiger partial charge in [-0.3, -0.25) is 0 Å². The summed E-state index contributed by atoms with van der Waals surface area (Å²) in [6.45, 7) is 0. The number of hydrogen-bond acceptors (Lipinski definition) is 5. The minimum Gasteiger partial charge on any atom is -0.473 e. The van der Waals surface area contributed by atoms with Gasteiger partial charge in [0, 0.05) is 11.1 Å². The van der Waals surface area contributed by atoms with E-state index >= 15 is 0 Å². The van der Waals surface area contributed by atoms with Crippen molar-refractivity contribution >= 4 is 22.6 Å². The first-order valence-corrected chi connectivity index (χ1v) is 6.35. The molecule has 0 N–H and O–H groups in total. The zero-order valence-electron chi connectivity index (χ0n) is 11.3. The third-order valence-corrected chi connectivity index (χ3v) is 3.34. The van der Waals surface area contributed by atoms with E-state index in [9.17, 15) is 9.18 Å². The molecule has 1 heterocycles. The van der Waals surface area contributed by atoms with Crippen molar-refractivity contribution in [2.24, 2.45) is 0 Å². The second-order valence-corrected chi connectivity index (χ2v) is 4.59. The molecule has 7 heteroatoms. The molecule has 1 aliphatic rings. The Kier molecular flexibility index (Phi) is 4.45. The smallest absolute Gasteiger partial charge is 0.351 e. The highest BCUT2D eigenvalue weighted by molar-refractivity contribution is 6.50. The number of allylic oxidation sites excluding steroid dienone is 1. The first-order chi connectivity index (χ1) is 10.5. The molecule has 0 aromatic heterocycles. The molecule has 1 unspecified atom stereocenters. The molecule has 1 atom stereocenters. The topological polar surface area (TPSA) is 83.1 Å². The van der Waals surface area contributed by atoms with Crippen molar-refractivity contribution in [2.75, 3.05) is 7.11 Å². The average Bonchev–Trinajstić information content (AvgIpc) is 2.53. The monoisotopic (exact) mass is 318 g/mol. The van der Waals surface area contributed by atoms with Gasteiger partial charge in [-0.1, -0.05) is 11.6 Å². The van der Waals surface area contributed by atoms with Crippen molar-refractivity contribution in [1.82, 2.24) is 0 Å². The quantitative estimate of drug-likeness (QED) is 0.618. The Balaban J connectivity index is 2.67. The van der Waals surface area contributed by atoms with Crippen LogP contribution >= 0.6 is 11.6 Å². The largest absolute Gasteiger partial charge is 0.473 e. The number of hydrogen-bond donors (Lipinski definition) is 0. The van der Waals surface area contributed by atoms with Crippen LogP contribution in [0.5, 0.6) is 5.75 Å². The molecule has 0 aliphatic carbocycles. The van der Waals surface area contributed by atoms with Gasteiger partial charge in [-0.05, 0) is 24.3 Å². The molecule has 5 nitrogen and oxygen atoms in total. The highest BCUT2D eigenvalue weighted by atomic mass is 35.5. The third-order valence-electron chi connectivity index (χ3n) is 2.91. The van der Waals surface area contributed by atoms with Crippen molar-refractivity contribution in [3.05, 3.63) is 46.8 Å². The minimum absolute atomic E-state index is 0.0131. The van der Waals surface area contributed by atoms with Gasteiger partial charge in [-0.25, -0.2) is 9.18 Å². The molecule has 0 saturated carbocycles. The lowest BCUT2D eigenvalue weighted by atomic mass is 9.99. The lowest BCUT2D eigenvalue weighted by molar-refractivity contribution is -0.146. The van der Waals surface area contributed by atoms with E-state index < -0.39 is 17.9 Å². The van der Waals surface area contributed by atoms with Crippen LogP contribution < -0.4 is 4.74 Å². The SMILES string of the molecule is COC(=O)C1Oc2ccc(F)cc2C(Cl)=C1C=C(C#N)C#N. The summed E-state index contributed by atoms with van der Waals surface area (Å²) in [5, 5.41) is 17.7. The number of benzene rings is 1. The molecule has 1 aliphatic heterocycles. The van der Waals surface area contributed by atoms with E-state index in [4.69, 9.17) is 26.9 Å². The van der Waals surface area contributed by atoms with E-state index in [-0.39, 0.29) is 27.5 Å². The first-order valence-electron chi connectivity index (χ1n) is 5.97. The molecule has 22 heavy (non-hydrogen) atoms. The number of nitriles is 2. The number of methoxy groups -OCH3 is 1. The Labute approximate surface area is 130 Å². The van der Waals surface area contributed by atoms with Crippen LogP contribution in [0.25, 0.3) is 5.03 Å². The Bertz CT molecular complexity index is 771. The van der Waals surface area contributed by atoms with Gasteiger partial charge in [0.2, 0.25) is 6.10 Å². The Morgan fingerprint density at radius 2 is 2.14 bits per heavy atom. The summed E-state index contributed by atoms with van der Waals surface area (Å²) in [4.78, 5) is 11.8. The summed E-state index contributed by atoms with van der Waals surface area (Å²) in [6.07, 6.45) is -0.121. The van der Waals surface area contributed by atoms with Crippen LogP contribution in [0.1, 0.15) is 5.56 Å². The van der Waals surface area contributed by atoms with E-state index in [0.29, 0.717) is 0 Å². The number of nitrogens with zero attached hydrogens (tertiary/aromatic N) is 2. The lowest BCUT2D eigenvalue weighted by Crippen LogP contribution is -2.33. The molecule has 0 spiro atoms. The predicted octanol–water partition coefficient (Wildman–Crippen LogP) is 2.68. The Morgan fingerprint density at radius 3 is 2.73 bits per heavy atom. The van der Waals surface area contributed by atoms with Crippen molar-refractivity contribution in [3.63, 3.8) is 0 Å². The zero-order chi connectivity index (χ0) is 16.3. The third kappa shape index (κ3) is 2.78. The maximum absolute atomic E-state index is 13.4. The highest BCUT2D eigenvalue weighted by Crippen LogP contribution is 2.39. The molecule has 0 amide bonds. The number of fused-ring (bicyclic) bond motifs is 1. The lowest BCUT2D eigenvalue weighted by Gasteiger charge is -2.26. The minimum atomic E-state index is -1.24. The molecule has 0 fully saturated rings. The average molecular weight is 319 g/mol. The van der Waals surface area contributed by atoms with E-state index in [1.54, 1.807) is 12.1 Å². The summed E-state index contributed by atoms with van der Waals surface area (Å²) < 4.78 is 23.5. The van der Waals surface area contributed by atoms with Crippen LogP contribution in [0, 0.1) is 28.5 Å².